The minimum Gasteiger partial charge on any atom is -0.494 e. The molecule has 9 nitrogen and oxygen atoms in total. The third kappa shape index (κ3) is 6.72. The van der Waals surface area contributed by atoms with Gasteiger partial charge in [-0.05, 0) is 42.3 Å². The molecule has 0 saturated carbocycles. The van der Waals surface area contributed by atoms with Crippen molar-refractivity contribution in [1.82, 2.24) is 0 Å². The summed E-state index contributed by atoms with van der Waals surface area (Å²) in [5.41, 5.74) is 8.26. The highest BCUT2D eigenvalue weighted by molar-refractivity contribution is 5.92. The van der Waals surface area contributed by atoms with Crippen LogP contribution in [0.25, 0.3) is 0 Å². The number of methoxy groups -OCH3 is 3. The molecular formula is C33H36N2O7. The molecule has 1 heterocycles. The highest BCUT2D eigenvalue weighted by Crippen LogP contribution is 2.44. The van der Waals surface area contributed by atoms with Gasteiger partial charge in [-0.25, -0.2) is 4.79 Å². The van der Waals surface area contributed by atoms with Crippen LogP contribution in [0.4, 0.5) is 0 Å². The summed E-state index contributed by atoms with van der Waals surface area (Å²) in [4.78, 5) is 13.0. The lowest BCUT2D eigenvalue weighted by atomic mass is 9.83. The summed E-state index contributed by atoms with van der Waals surface area (Å²) < 4.78 is 33.3. The molecule has 1 aliphatic heterocycles. The number of hydrogen-bond acceptors (Lipinski definition) is 9. The molecule has 0 bridgehead atoms. The predicted molar refractivity (Wildman–Crippen MR) is 157 cm³/mol. The summed E-state index contributed by atoms with van der Waals surface area (Å²) in [7, 11) is 4.41. The molecule has 3 aromatic carbocycles. The van der Waals surface area contributed by atoms with Gasteiger partial charge in [-0.15, -0.1) is 0 Å². The van der Waals surface area contributed by atoms with Crippen molar-refractivity contribution in [1.29, 1.82) is 5.26 Å². The first-order chi connectivity index (χ1) is 20.4. The van der Waals surface area contributed by atoms with Gasteiger partial charge < -0.3 is 34.2 Å². The molecule has 0 radical (unpaired) electrons. The number of carbonyl (C=O) groups is 1. The molecule has 42 heavy (non-hydrogen) atoms. The fourth-order valence-corrected chi connectivity index (χ4v) is 4.86. The molecule has 1 unspecified atom stereocenters. The van der Waals surface area contributed by atoms with Crippen LogP contribution < -0.4 is 34.2 Å². The van der Waals surface area contributed by atoms with Gasteiger partial charge >= 0.3 is 5.97 Å². The number of fused-ring (bicyclic) bond motifs is 1. The van der Waals surface area contributed by atoms with Crippen LogP contribution >= 0.6 is 0 Å². The lowest BCUT2D eigenvalue weighted by Crippen LogP contribution is -2.21. The van der Waals surface area contributed by atoms with Crippen molar-refractivity contribution in [2.75, 3.05) is 27.9 Å². The second-order valence-electron chi connectivity index (χ2n) is 9.76. The Kier molecular flexibility index (Phi) is 10.2. The van der Waals surface area contributed by atoms with Crippen molar-refractivity contribution >= 4 is 5.97 Å². The van der Waals surface area contributed by atoms with E-state index in [0.29, 0.717) is 35.2 Å². The summed E-state index contributed by atoms with van der Waals surface area (Å²) in [5, 5.41) is 9.91. The molecule has 9 heteroatoms. The molecule has 3 aromatic rings. The standard InChI is InChI=1S/C33H36N2O7/c1-5-6-7-8-9-16-40-23-12-10-21(11-13-23)30-25-15-14-24(19-27(25)42-32(35)26(30)20-34)41-33(36)22-17-28(37-2)31(39-4)29(18-22)38-3/h10-15,17-19,30H,5-9,16,35H2,1-4H3. The van der Waals surface area contributed by atoms with Crippen LogP contribution in [0, 0.1) is 11.3 Å². The van der Waals surface area contributed by atoms with Gasteiger partial charge in [0.1, 0.15) is 28.9 Å². The van der Waals surface area contributed by atoms with E-state index in [1.807, 2.05) is 24.3 Å². The Morgan fingerprint density at radius 1 is 0.905 bits per heavy atom. The van der Waals surface area contributed by atoms with E-state index in [1.54, 1.807) is 18.2 Å². The van der Waals surface area contributed by atoms with Gasteiger partial charge in [0.2, 0.25) is 11.6 Å². The van der Waals surface area contributed by atoms with E-state index in [9.17, 15) is 10.1 Å². The molecule has 0 spiro atoms. The maximum atomic E-state index is 13.0. The lowest BCUT2D eigenvalue weighted by Gasteiger charge is -2.27. The zero-order chi connectivity index (χ0) is 30.1. The Balaban J connectivity index is 1.53. The quantitative estimate of drug-likeness (QED) is 0.139. The first-order valence-corrected chi connectivity index (χ1v) is 13.9. The summed E-state index contributed by atoms with van der Waals surface area (Å²) in [5.74, 6) is 1.31. The average Bonchev–Trinajstić information content (AvgIpc) is 3.01. The first-order valence-electron chi connectivity index (χ1n) is 13.9. The zero-order valence-corrected chi connectivity index (χ0v) is 24.4. The molecule has 4 rings (SSSR count). The molecule has 220 valence electrons. The van der Waals surface area contributed by atoms with Gasteiger partial charge in [0.05, 0.1) is 39.4 Å². The van der Waals surface area contributed by atoms with Crippen molar-refractivity contribution in [3.8, 4) is 40.6 Å². The van der Waals surface area contributed by atoms with E-state index in [-0.39, 0.29) is 17.2 Å². The largest absolute Gasteiger partial charge is 0.494 e. The van der Waals surface area contributed by atoms with Crippen LogP contribution in [-0.2, 0) is 0 Å². The van der Waals surface area contributed by atoms with Crippen molar-refractivity contribution in [2.45, 2.75) is 44.9 Å². The molecule has 1 atom stereocenters. The molecule has 0 aromatic heterocycles. The number of nitriles is 1. The summed E-state index contributed by atoms with van der Waals surface area (Å²) in [6.07, 6.45) is 5.84. The number of unbranched alkanes of at least 4 members (excludes halogenated alkanes) is 4. The Hall–Kier alpha value is -4.84. The number of benzene rings is 3. The summed E-state index contributed by atoms with van der Waals surface area (Å²) >= 11 is 0. The third-order valence-corrected chi connectivity index (χ3v) is 7.03. The van der Waals surface area contributed by atoms with Crippen molar-refractivity contribution in [3.05, 3.63) is 82.7 Å². The van der Waals surface area contributed by atoms with Gasteiger partial charge in [0.25, 0.3) is 0 Å². The van der Waals surface area contributed by atoms with Gasteiger partial charge in [-0.2, -0.15) is 5.26 Å². The second kappa shape index (κ2) is 14.2. The van der Waals surface area contributed by atoms with Crippen LogP contribution in [0.1, 0.15) is 66.4 Å². The van der Waals surface area contributed by atoms with E-state index in [2.05, 4.69) is 13.0 Å². The molecular weight excluding hydrogens is 536 g/mol. The number of hydrogen-bond donors (Lipinski definition) is 1. The van der Waals surface area contributed by atoms with Crippen molar-refractivity contribution < 1.29 is 33.2 Å². The normalized spacial score (nSPS) is 13.8. The van der Waals surface area contributed by atoms with E-state index < -0.39 is 11.9 Å². The van der Waals surface area contributed by atoms with Crippen LogP contribution in [0.3, 0.4) is 0 Å². The summed E-state index contributed by atoms with van der Waals surface area (Å²) in [6, 6.07) is 17.9. The van der Waals surface area contributed by atoms with Gasteiger partial charge in [0, 0.05) is 11.6 Å². The highest BCUT2D eigenvalue weighted by atomic mass is 16.5. The Bertz CT molecular complexity index is 1450. The maximum absolute atomic E-state index is 13.0. The van der Waals surface area contributed by atoms with E-state index in [4.69, 9.17) is 34.2 Å². The minimum absolute atomic E-state index is 0.00416. The van der Waals surface area contributed by atoms with E-state index in [0.717, 1.165) is 29.7 Å². The Labute approximate surface area is 246 Å². The van der Waals surface area contributed by atoms with Crippen molar-refractivity contribution in [2.24, 2.45) is 5.73 Å². The molecule has 1 aliphatic rings. The predicted octanol–water partition coefficient (Wildman–Crippen LogP) is 6.50. The number of carbonyl (C=O) groups excluding carboxylic acids is 1. The van der Waals surface area contributed by atoms with Crippen LogP contribution in [0.2, 0.25) is 0 Å². The topological polar surface area (TPSA) is 122 Å². The van der Waals surface area contributed by atoms with E-state index >= 15 is 0 Å². The van der Waals surface area contributed by atoms with Crippen LogP contribution in [0.5, 0.6) is 34.5 Å². The van der Waals surface area contributed by atoms with Gasteiger partial charge in [-0.3, -0.25) is 0 Å². The first kappa shape index (κ1) is 30.1. The SMILES string of the molecule is CCCCCCCOc1ccc(C2C(C#N)=C(N)Oc3cc(OC(=O)c4cc(OC)c(OC)c(OC)c4)ccc32)cc1. The fourth-order valence-electron chi connectivity index (χ4n) is 4.86. The molecule has 2 N–H and O–H groups in total. The molecule has 0 fully saturated rings. The monoisotopic (exact) mass is 572 g/mol. The molecule has 0 aliphatic carbocycles. The number of rotatable bonds is 13. The summed E-state index contributed by atoms with van der Waals surface area (Å²) in [6.45, 7) is 2.86. The van der Waals surface area contributed by atoms with E-state index in [1.165, 1.54) is 52.7 Å². The highest BCUT2D eigenvalue weighted by Gasteiger charge is 2.31. The zero-order valence-electron chi connectivity index (χ0n) is 24.4. The maximum Gasteiger partial charge on any atom is 0.343 e. The lowest BCUT2D eigenvalue weighted by molar-refractivity contribution is 0.0733. The van der Waals surface area contributed by atoms with Crippen molar-refractivity contribution in [3.63, 3.8) is 0 Å². The van der Waals surface area contributed by atoms with Crippen LogP contribution in [0.15, 0.2) is 66.1 Å². The van der Waals surface area contributed by atoms with Gasteiger partial charge in [0.15, 0.2) is 11.5 Å². The number of allylic oxidation sites excluding steroid dienone is 1. The number of ether oxygens (including phenoxy) is 6. The third-order valence-electron chi connectivity index (χ3n) is 7.03. The van der Waals surface area contributed by atoms with Crippen LogP contribution in [-0.4, -0.2) is 33.9 Å². The Morgan fingerprint density at radius 2 is 1.57 bits per heavy atom. The second-order valence-corrected chi connectivity index (χ2v) is 9.76. The Morgan fingerprint density at radius 3 is 2.19 bits per heavy atom. The number of nitrogens with zero attached hydrogens (tertiary/aromatic N) is 1. The molecule has 0 amide bonds. The fraction of sp³-hybridized carbons (Fsp3) is 0.333. The average molecular weight is 573 g/mol. The number of esters is 1. The smallest absolute Gasteiger partial charge is 0.343 e. The number of nitrogens with two attached hydrogens (primary N) is 1. The minimum atomic E-state index is -0.635. The molecule has 0 saturated heterocycles. The van der Waals surface area contributed by atoms with Gasteiger partial charge in [-0.1, -0.05) is 50.8 Å².